The van der Waals surface area contributed by atoms with Gasteiger partial charge in [-0.15, -0.1) is 0 Å². The van der Waals surface area contributed by atoms with Crippen LogP contribution >= 0.6 is 0 Å². The summed E-state index contributed by atoms with van der Waals surface area (Å²) in [5.74, 6) is -2.62. The van der Waals surface area contributed by atoms with Crippen LogP contribution < -0.4 is 5.32 Å². The third kappa shape index (κ3) is 4.00. The summed E-state index contributed by atoms with van der Waals surface area (Å²) in [5, 5.41) is 12.3. The first-order valence-corrected chi connectivity index (χ1v) is 7.01. The Kier molecular flexibility index (Phi) is 5.06. The van der Waals surface area contributed by atoms with Crippen LogP contribution in [0.1, 0.15) is 50.1 Å². The smallest absolute Gasteiger partial charge is 0.325 e. The maximum atomic E-state index is 13.2. The average Bonchev–Trinajstić information content (AvgIpc) is 2.62. The van der Waals surface area contributed by atoms with Gasteiger partial charge in [0.05, 0.1) is 0 Å². The number of hydrogen-bond donors (Lipinski definition) is 2. The second-order valence-corrected chi connectivity index (χ2v) is 5.33. The van der Waals surface area contributed by atoms with Gasteiger partial charge in [0.1, 0.15) is 17.7 Å². The molecule has 0 saturated heterocycles. The molecule has 1 aromatic carbocycles. The van der Waals surface area contributed by atoms with Crippen LogP contribution in [-0.2, 0) is 4.79 Å². The molecule has 2 rings (SSSR count). The summed E-state index contributed by atoms with van der Waals surface area (Å²) in [6.45, 7) is 0. The van der Waals surface area contributed by atoms with Gasteiger partial charge in [0, 0.05) is 12.1 Å². The van der Waals surface area contributed by atoms with E-state index in [0.717, 1.165) is 56.7 Å². The monoisotopic (exact) mass is 283 g/mol. The molecule has 0 heterocycles. The van der Waals surface area contributed by atoms with Crippen molar-refractivity contribution < 1.29 is 18.7 Å². The molecule has 0 aliphatic heterocycles. The molecule has 5 heteroatoms. The van der Waals surface area contributed by atoms with Crippen LogP contribution in [0.4, 0.5) is 8.78 Å². The number of hydrogen-bond acceptors (Lipinski definition) is 2. The molecule has 1 aromatic rings. The molecule has 1 aliphatic carbocycles. The van der Waals surface area contributed by atoms with E-state index in [1.54, 1.807) is 0 Å². The Balaban J connectivity index is 2.15. The molecule has 1 fully saturated rings. The van der Waals surface area contributed by atoms with Crippen molar-refractivity contribution in [3.63, 3.8) is 0 Å². The molecule has 1 atom stereocenters. The van der Waals surface area contributed by atoms with Crippen molar-refractivity contribution in [2.45, 2.75) is 50.6 Å². The molecular weight excluding hydrogens is 264 g/mol. The van der Waals surface area contributed by atoms with Gasteiger partial charge in [0.2, 0.25) is 0 Å². The van der Waals surface area contributed by atoms with Gasteiger partial charge in [-0.1, -0.05) is 25.7 Å². The lowest BCUT2D eigenvalue weighted by atomic mass is 10.0. The van der Waals surface area contributed by atoms with E-state index in [1.165, 1.54) is 0 Å². The predicted molar refractivity (Wildman–Crippen MR) is 71.4 cm³/mol. The van der Waals surface area contributed by atoms with Gasteiger partial charge in [-0.3, -0.25) is 10.1 Å². The molecule has 0 bridgehead atoms. The minimum atomic E-state index is -1.11. The zero-order valence-electron chi connectivity index (χ0n) is 11.2. The van der Waals surface area contributed by atoms with Crippen molar-refractivity contribution in [2.24, 2.45) is 0 Å². The molecule has 1 saturated carbocycles. The number of carbonyl (C=O) groups is 1. The molecule has 0 aromatic heterocycles. The highest BCUT2D eigenvalue weighted by Crippen LogP contribution is 2.22. The van der Waals surface area contributed by atoms with Crippen LogP contribution in [0.15, 0.2) is 18.2 Å². The van der Waals surface area contributed by atoms with Crippen LogP contribution in [-0.4, -0.2) is 17.1 Å². The lowest BCUT2D eigenvalue weighted by Crippen LogP contribution is -2.37. The van der Waals surface area contributed by atoms with Crippen LogP contribution in [0.5, 0.6) is 0 Å². The van der Waals surface area contributed by atoms with Crippen molar-refractivity contribution in [1.82, 2.24) is 5.32 Å². The van der Waals surface area contributed by atoms with Gasteiger partial charge >= 0.3 is 5.97 Å². The number of carboxylic acids is 1. The molecule has 2 N–H and O–H groups in total. The van der Waals surface area contributed by atoms with Crippen LogP contribution in [0.25, 0.3) is 0 Å². The largest absolute Gasteiger partial charge is 0.480 e. The summed E-state index contributed by atoms with van der Waals surface area (Å²) < 4.78 is 26.5. The SMILES string of the molecule is O=C(O)C(NC1CCCCCC1)c1cc(F)cc(F)c1. The molecule has 0 amide bonds. The summed E-state index contributed by atoms with van der Waals surface area (Å²) in [4.78, 5) is 11.4. The standard InChI is InChI=1S/C15H19F2NO2/c16-11-7-10(8-12(17)9-11)14(15(19)20)18-13-5-3-1-2-4-6-13/h7-9,13-14,18H,1-6H2,(H,19,20). The Hall–Kier alpha value is -1.49. The molecule has 110 valence electrons. The predicted octanol–water partition coefficient (Wildman–Crippen LogP) is 3.40. The number of carboxylic acid groups (broad SMARTS) is 1. The first-order valence-electron chi connectivity index (χ1n) is 7.01. The number of benzene rings is 1. The fourth-order valence-electron chi connectivity index (χ4n) is 2.73. The van der Waals surface area contributed by atoms with E-state index in [2.05, 4.69) is 5.32 Å². The van der Waals surface area contributed by atoms with E-state index in [0.29, 0.717) is 0 Å². The van der Waals surface area contributed by atoms with Crippen molar-refractivity contribution in [1.29, 1.82) is 0 Å². The number of rotatable bonds is 4. The van der Waals surface area contributed by atoms with Crippen LogP contribution in [0.2, 0.25) is 0 Å². The minimum Gasteiger partial charge on any atom is -0.480 e. The van der Waals surface area contributed by atoms with Gasteiger partial charge in [-0.25, -0.2) is 8.78 Å². The summed E-state index contributed by atoms with van der Waals surface area (Å²) in [7, 11) is 0. The Morgan fingerprint density at radius 1 is 1.10 bits per heavy atom. The Morgan fingerprint density at radius 3 is 2.15 bits per heavy atom. The van der Waals surface area contributed by atoms with Crippen molar-refractivity contribution in [3.8, 4) is 0 Å². The third-order valence-corrected chi connectivity index (χ3v) is 3.72. The summed E-state index contributed by atoms with van der Waals surface area (Å²) >= 11 is 0. The van der Waals surface area contributed by atoms with E-state index in [-0.39, 0.29) is 11.6 Å². The van der Waals surface area contributed by atoms with Gasteiger partial charge in [-0.2, -0.15) is 0 Å². The van der Waals surface area contributed by atoms with Crippen molar-refractivity contribution >= 4 is 5.97 Å². The Labute approximate surface area is 117 Å². The third-order valence-electron chi connectivity index (χ3n) is 3.72. The van der Waals surface area contributed by atoms with Gasteiger partial charge in [-0.05, 0) is 30.5 Å². The van der Waals surface area contributed by atoms with Gasteiger partial charge < -0.3 is 5.11 Å². The first kappa shape index (κ1) is 14.9. The second-order valence-electron chi connectivity index (χ2n) is 5.33. The fourth-order valence-corrected chi connectivity index (χ4v) is 2.73. The van der Waals surface area contributed by atoms with E-state index in [4.69, 9.17) is 0 Å². The maximum absolute atomic E-state index is 13.2. The Morgan fingerprint density at radius 2 is 1.65 bits per heavy atom. The van der Waals surface area contributed by atoms with Crippen LogP contribution in [0.3, 0.4) is 0 Å². The highest BCUT2D eigenvalue weighted by Gasteiger charge is 2.25. The summed E-state index contributed by atoms with van der Waals surface area (Å²) in [5.41, 5.74) is 0.124. The number of halogens is 2. The molecular formula is C15H19F2NO2. The van der Waals surface area contributed by atoms with Gasteiger partial charge in [0.25, 0.3) is 0 Å². The van der Waals surface area contributed by atoms with Crippen LogP contribution in [0, 0.1) is 11.6 Å². The van der Waals surface area contributed by atoms with E-state index in [1.807, 2.05) is 0 Å². The lowest BCUT2D eigenvalue weighted by molar-refractivity contribution is -0.140. The quantitative estimate of drug-likeness (QED) is 0.833. The number of aliphatic carboxylic acids is 1. The zero-order valence-corrected chi connectivity index (χ0v) is 11.2. The molecule has 1 unspecified atom stereocenters. The maximum Gasteiger partial charge on any atom is 0.325 e. The zero-order chi connectivity index (χ0) is 14.5. The minimum absolute atomic E-state index is 0.0879. The molecule has 1 aliphatic rings. The fraction of sp³-hybridized carbons (Fsp3) is 0.533. The molecule has 20 heavy (non-hydrogen) atoms. The Bertz CT molecular complexity index is 451. The molecule has 0 radical (unpaired) electrons. The first-order chi connectivity index (χ1) is 9.56. The normalized spacial score (nSPS) is 18.5. The van der Waals surface area contributed by atoms with Crippen molar-refractivity contribution in [3.05, 3.63) is 35.4 Å². The van der Waals surface area contributed by atoms with E-state index < -0.39 is 23.6 Å². The van der Waals surface area contributed by atoms with E-state index in [9.17, 15) is 18.7 Å². The topological polar surface area (TPSA) is 49.3 Å². The van der Waals surface area contributed by atoms with Gasteiger partial charge in [0.15, 0.2) is 0 Å². The molecule has 0 spiro atoms. The van der Waals surface area contributed by atoms with Crippen molar-refractivity contribution in [2.75, 3.05) is 0 Å². The summed E-state index contributed by atoms with van der Waals surface area (Å²) in [6, 6.07) is 1.92. The number of nitrogens with one attached hydrogen (secondary N) is 1. The average molecular weight is 283 g/mol. The highest BCUT2D eigenvalue weighted by molar-refractivity contribution is 5.75. The summed E-state index contributed by atoms with van der Waals surface area (Å²) in [6.07, 6.45) is 6.24. The lowest BCUT2D eigenvalue weighted by Gasteiger charge is -2.22. The molecule has 3 nitrogen and oxygen atoms in total. The van der Waals surface area contributed by atoms with E-state index >= 15 is 0 Å². The highest BCUT2D eigenvalue weighted by atomic mass is 19.1. The second kappa shape index (κ2) is 6.79.